The summed E-state index contributed by atoms with van der Waals surface area (Å²) in [6.07, 6.45) is -1.27. The fourth-order valence-electron chi connectivity index (χ4n) is 2.54. The Kier molecular flexibility index (Phi) is 3.25. The van der Waals surface area contributed by atoms with Crippen LogP contribution in [0.5, 0.6) is 0 Å². The topological polar surface area (TPSA) is 77.8 Å². The minimum Gasteiger partial charge on any atom is -0.384 e. The Balaban J connectivity index is 2.79. The summed E-state index contributed by atoms with van der Waals surface area (Å²) in [6.45, 7) is 5.17. The number of aliphatic hydroxyl groups is 2. The lowest BCUT2D eigenvalue weighted by Gasteiger charge is -2.46. The summed E-state index contributed by atoms with van der Waals surface area (Å²) in [4.78, 5) is 0.0541. The molecule has 106 valence electrons. The zero-order valence-corrected chi connectivity index (χ0v) is 12.3. The van der Waals surface area contributed by atoms with Gasteiger partial charge in [0.05, 0.1) is 4.90 Å². The van der Waals surface area contributed by atoms with Gasteiger partial charge in [0, 0.05) is 12.6 Å². The van der Waals surface area contributed by atoms with Crippen LogP contribution in [0, 0.1) is 12.8 Å². The number of aliphatic hydroxyl groups excluding tert-OH is 1. The first-order valence-electron chi connectivity index (χ1n) is 6.13. The molecule has 2 N–H and O–H groups in total. The number of likely N-dealkylation sites (N-methyl/N-ethyl adjacent to an activating group) is 1. The van der Waals surface area contributed by atoms with E-state index in [1.54, 1.807) is 26.0 Å². The summed E-state index contributed by atoms with van der Waals surface area (Å²) >= 11 is 0. The van der Waals surface area contributed by atoms with E-state index < -0.39 is 27.8 Å². The van der Waals surface area contributed by atoms with Crippen molar-refractivity contribution in [2.45, 2.75) is 37.5 Å². The maximum Gasteiger partial charge on any atom is 0.245 e. The number of benzene rings is 1. The monoisotopic (exact) mass is 285 g/mol. The molecule has 0 aromatic heterocycles. The van der Waals surface area contributed by atoms with Gasteiger partial charge in [-0.1, -0.05) is 31.5 Å². The molecule has 19 heavy (non-hydrogen) atoms. The number of sulfonamides is 1. The summed E-state index contributed by atoms with van der Waals surface area (Å²) in [5, 5.41) is 21.1. The zero-order valence-electron chi connectivity index (χ0n) is 11.5. The molecule has 0 saturated carbocycles. The second-order valence-corrected chi connectivity index (χ2v) is 7.29. The van der Waals surface area contributed by atoms with Crippen LogP contribution in [0.2, 0.25) is 0 Å². The number of rotatable bonds is 1. The van der Waals surface area contributed by atoms with Crippen LogP contribution in [0.25, 0.3) is 0 Å². The van der Waals surface area contributed by atoms with Crippen molar-refractivity contribution in [1.29, 1.82) is 0 Å². The van der Waals surface area contributed by atoms with E-state index >= 15 is 0 Å². The highest BCUT2D eigenvalue weighted by molar-refractivity contribution is 7.89. The lowest BCUT2D eigenvalue weighted by Crippen LogP contribution is -2.59. The van der Waals surface area contributed by atoms with Crippen LogP contribution >= 0.6 is 0 Å². The molecule has 6 heteroatoms. The molecule has 2 unspecified atom stereocenters. The highest BCUT2D eigenvalue weighted by Crippen LogP contribution is 2.44. The zero-order chi connectivity index (χ0) is 14.6. The van der Waals surface area contributed by atoms with Gasteiger partial charge in [-0.2, -0.15) is 4.31 Å². The van der Waals surface area contributed by atoms with E-state index in [1.807, 2.05) is 6.92 Å². The molecular formula is C13H19NO4S. The van der Waals surface area contributed by atoms with Crippen LogP contribution in [-0.2, 0) is 10.0 Å². The molecular weight excluding hydrogens is 266 g/mol. The molecule has 1 heterocycles. The van der Waals surface area contributed by atoms with Crippen molar-refractivity contribution in [2.75, 3.05) is 7.05 Å². The molecule has 2 atom stereocenters. The molecule has 0 fully saturated rings. The molecule has 0 aliphatic carbocycles. The first-order valence-corrected chi connectivity index (χ1v) is 7.57. The molecule has 0 spiro atoms. The number of hydrogen-bond donors (Lipinski definition) is 2. The number of hydrogen-bond acceptors (Lipinski definition) is 4. The third-order valence-corrected chi connectivity index (χ3v) is 5.80. The largest absolute Gasteiger partial charge is 0.384 e. The Bertz CT molecular complexity index is 611. The van der Waals surface area contributed by atoms with Gasteiger partial charge in [-0.15, -0.1) is 0 Å². The number of fused-ring (bicyclic) bond motifs is 1. The van der Waals surface area contributed by atoms with Crippen LogP contribution in [0.4, 0.5) is 0 Å². The standard InChI is InChI=1S/C13H19NO4S/c1-8(2)13(16)12(15)10-7-9(3)5-6-11(10)19(17,18)14(13)4/h5-8,12,15-16H,1-4H3. The molecule has 1 aromatic rings. The fraction of sp³-hybridized carbons (Fsp3) is 0.538. The van der Waals surface area contributed by atoms with E-state index in [9.17, 15) is 18.6 Å². The van der Waals surface area contributed by atoms with Crippen molar-refractivity contribution >= 4 is 10.0 Å². The van der Waals surface area contributed by atoms with Crippen LogP contribution in [0.15, 0.2) is 23.1 Å². The van der Waals surface area contributed by atoms with Gasteiger partial charge >= 0.3 is 0 Å². The first kappa shape index (κ1) is 14.5. The Hall–Kier alpha value is -0.950. The molecule has 2 rings (SSSR count). The maximum absolute atomic E-state index is 12.4. The average molecular weight is 285 g/mol. The maximum atomic E-state index is 12.4. The van der Waals surface area contributed by atoms with Gasteiger partial charge in [-0.05, 0) is 18.9 Å². The Morgan fingerprint density at radius 2 is 1.95 bits per heavy atom. The van der Waals surface area contributed by atoms with Crippen molar-refractivity contribution in [3.05, 3.63) is 29.3 Å². The van der Waals surface area contributed by atoms with Crippen LogP contribution < -0.4 is 0 Å². The quantitative estimate of drug-likeness (QED) is 0.807. The number of nitrogens with zero attached hydrogens (tertiary/aromatic N) is 1. The van der Waals surface area contributed by atoms with Crippen molar-refractivity contribution in [1.82, 2.24) is 4.31 Å². The van der Waals surface area contributed by atoms with E-state index in [0.717, 1.165) is 9.87 Å². The highest BCUT2D eigenvalue weighted by Gasteiger charge is 2.53. The minimum atomic E-state index is -3.80. The first-order chi connectivity index (χ1) is 8.63. The molecule has 1 aliphatic heterocycles. The van der Waals surface area contributed by atoms with Crippen molar-refractivity contribution in [3.63, 3.8) is 0 Å². The van der Waals surface area contributed by atoms with Crippen LogP contribution in [-0.4, -0.2) is 35.7 Å². The van der Waals surface area contributed by atoms with Gasteiger partial charge in [0.25, 0.3) is 0 Å². The summed E-state index contributed by atoms with van der Waals surface area (Å²) in [5.74, 6) is -0.448. The second-order valence-electron chi connectivity index (χ2n) is 5.35. The van der Waals surface area contributed by atoms with Gasteiger partial charge < -0.3 is 10.2 Å². The van der Waals surface area contributed by atoms with E-state index in [0.29, 0.717) is 0 Å². The minimum absolute atomic E-state index is 0.0541. The predicted molar refractivity (Wildman–Crippen MR) is 70.9 cm³/mol. The van der Waals surface area contributed by atoms with E-state index in [-0.39, 0.29) is 10.5 Å². The molecule has 1 aliphatic rings. The lowest BCUT2D eigenvalue weighted by molar-refractivity contribution is -0.174. The highest BCUT2D eigenvalue weighted by atomic mass is 32.2. The Morgan fingerprint density at radius 3 is 2.47 bits per heavy atom. The van der Waals surface area contributed by atoms with Gasteiger partial charge in [-0.25, -0.2) is 8.42 Å². The molecule has 0 amide bonds. The summed E-state index contributed by atoms with van der Waals surface area (Å²) < 4.78 is 25.7. The van der Waals surface area contributed by atoms with Crippen LogP contribution in [0.1, 0.15) is 31.1 Å². The van der Waals surface area contributed by atoms with Crippen LogP contribution in [0.3, 0.4) is 0 Å². The second kappa shape index (κ2) is 4.28. The van der Waals surface area contributed by atoms with E-state index in [4.69, 9.17) is 0 Å². The smallest absolute Gasteiger partial charge is 0.245 e. The summed E-state index contributed by atoms with van der Waals surface area (Å²) in [6, 6.07) is 4.76. The van der Waals surface area contributed by atoms with Crippen molar-refractivity contribution in [3.8, 4) is 0 Å². The summed E-state index contributed by atoms with van der Waals surface area (Å²) in [7, 11) is -2.51. The van der Waals surface area contributed by atoms with Gasteiger partial charge in [0.2, 0.25) is 10.0 Å². The van der Waals surface area contributed by atoms with Gasteiger partial charge in [0.1, 0.15) is 6.10 Å². The molecule has 5 nitrogen and oxygen atoms in total. The Labute approximate surface area is 113 Å². The SMILES string of the molecule is Cc1ccc2c(c1)C(O)C(O)(C(C)C)N(C)S2(=O)=O. The molecule has 0 radical (unpaired) electrons. The summed E-state index contributed by atoms with van der Waals surface area (Å²) in [5.41, 5.74) is -0.738. The predicted octanol–water partition coefficient (Wildman–Crippen LogP) is 1.01. The third kappa shape index (κ3) is 1.82. The lowest BCUT2D eigenvalue weighted by atomic mass is 9.88. The number of aryl methyl sites for hydroxylation is 1. The third-order valence-electron chi connectivity index (χ3n) is 3.85. The van der Waals surface area contributed by atoms with Gasteiger partial charge in [-0.3, -0.25) is 0 Å². The molecule has 0 bridgehead atoms. The van der Waals surface area contributed by atoms with Crippen molar-refractivity contribution < 1.29 is 18.6 Å². The van der Waals surface area contributed by atoms with Crippen molar-refractivity contribution in [2.24, 2.45) is 5.92 Å². The fourth-order valence-corrected chi connectivity index (χ4v) is 4.24. The normalized spacial score (nSPS) is 30.4. The van der Waals surface area contributed by atoms with E-state index in [1.165, 1.54) is 13.1 Å². The van der Waals surface area contributed by atoms with E-state index in [2.05, 4.69) is 0 Å². The molecule has 1 aromatic carbocycles. The average Bonchev–Trinajstić information content (AvgIpc) is 2.33. The molecule has 0 saturated heterocycles. The Morgan fingerprint density at radius 1 is 1.37 bits per heavy atom. The van der Waals surface area contributed by atoms with Gasteiger partial charge in [0.15, 0.2) is 5.72 Å².